The number of ether oxygens (including phenoxy) is 1. The summed E-state index contributed by atoms with van der Waals surface area (Å²) in [6.07, 6.45) is 0.570. The number of nitrogens with zero attached hydrogens (tertiary/aromatic N) is 1. The molecule has 2 aromatic carbocycles. The van der Waals surface area contributed by atoms with E-state index in [9.17, 15) is 13.2 Å². The number of rotatable bonds is 4. The largest absolute Gasteiger partial charge is 0.410 e. The molecule has 4 aromatic rings. The van der Waals surface area contributed by atoms with Gasteiger partial charge in [-0.3, -0.25) is 0 Å². The highest BCUT2D eigenvalue weighted by Gasteiger charge is 2.25. The molecule has 0 atom stereocenters. The molecule has 8 nitrogen and oxygen atoms in total. The first kappa shape index (κ1) is 16.9. The van der Waals surface area contributed by atoms with E-state index in [4.69, 9.17) is 10.5 Å². The van der Waals surface area contributed by atoms with Crippen LogP contribution >= 0.6 is 0 Å². The number of aromatic amines is 2. The molecule has 0 saturated carbocycles. The lowest BCUT2D eigenvalue weighted by Gasteiger charge is -2.04. The van der Waals surface area contributed by atoms with Gasteiger partial charge in [-0.15, -0.1) is 0 Å². The number of imidazole rings is 1. The highest BCUT2D eigenvalue weighted by molar-refractivity contribution is 7.91. The van der Waals surface area contributed by atoms with E-state index < -0.39 is 15.9 Å². The number of carbonyl (C=O) groups excluding carboxylic acids is 1. The van der Waals surface area contributed by atoms with Crippen LogP contribution in [0.3, 0.4) is 0 Å². The molecule has 1 amide bonds. The molecule has 27 heavy (non-hydrogen) atoms. The second-order valence-electron chi connectivity index (χ2n) is 5.70. The zero-order valence-corrected chi connectivity index (χ0v) is 14.7. The first-order valence-corrected chi connectivity index (χ1v) is 9.39. The van der Waals surface area contributed by atoms with Crippen molar-refractivity contribution in [2.24, 2.45) is 5.73 Å². The Morgan fingerprint density at radius 1 is 1.04 bits per heavy atom. The summed E-state index contributed by atoms with van der Waals surface area (Å²) in [6.45, 7) is 0. The summed E-state index contributed by atoms with van der Waals surface area (Å²) in [7, 11) is -3.76. The molecule has 4 N–H and O–H groups in total. The normalized spacial score (nSPS) is 11.6. The van der Waals surface area contributed by atoms with Crippen LogP contribution in [0, 0.1) is 0 Å². The van der Waals surface area contributed by atoms with E-state index in [2.05, 4.69) is 15.0 Å². The number of nitrogens with one attached hydrogen (secondary N) is 2. The van der Waals surface area contributed by atoms with Gasteiger partial charge in [0.1, 0.15) is 16.4 Å². The summed E-state index contributed by atoms with van der Waals surface area (Å²) in [5, 5.41) is 0.0186. The van der Waals surface area contributed by atoms with Gasteiger partial charge in [-0.25, -0.2) is 18.2 Å². The topological polar surface area (TPSA) is 131 Å². The predicted molar refractivity (Wildman–Crippen MR) is 98.0 cm³/mol. The first-order valence-electron chi connectivity index (χ1n) is 7.91. The Balaban J connectivity index is 1.85. The number of hydrogen-bond acceptors (Lipinski definition) is 5. The fourth-order valence-electron chi connectivity index (χ4n) is 2.80. The smallest absolute Gasteiger partial charge is 0.408 e. The molecule has 2 heterocycles. The minimum absolute atomic E-state index is 0.0186. The molecule has 0 unspecified atom stereocenters. The number of H-pyrrole nitrogens is 2. The van der Waals surface area contributed by atoms with Crippen LogP contribution in [0.4, 0.5) is 4.79 Å². The van der Waals surface area contributed by atoms with Crippen molar-refractivity contribution in [3.8, 4) is 17.1 Å². The molecule has 9 heteroatoms. The van der Waals surface area contributed by atoms with Crippen molar-refractivity contribution in [1.82, 2.24) is 15.0 Å². The fourth-order valence-corrected chi connectivity index (χ4v) is 4.23. The summed E-state index contributed by atoms with van der Waals surface area (Å²) in [5.74, 6) is 0.506. The quantitative estimate of drug-likeness (QED) is 0.499. The minimum Gasteiger partial charge on any atom is -0.408 e. The number of hydrogen-bond donors (Lipinski definition) is 3. The van der Waals surface area contributed by atoms with Crippen LogP contribution in [0.5, 0.6) is 5.75 Å². The molecule has 136 valence electrons. The third-order valence-electron chi connectivity index (χ3n) is 3.97. The van der Waals surface area contributed by atoms with Gasteiger partial charge < -0.3 is 20.4 Å². The number of nitrogens with two attached hydrogens (primary N) is 1. The second-order valence-corrected chi connectivity index (χ2v) is 7.58. The predicted octanol–water partition coefficient (Wildman–Crippen LogP) is 2.85. The Morgan fingerprint density at radius 3 is 2.56 bits per heavy atom. The first-order chi connectivity index (χ1) is 13.0. The number of primary amides is 1. The van der Waals surface area contributed by atoms with E-state index in [-0.39, 0.29) is 15.7 Å². The summed E-state index contributed by atoms with van der Waals surface area (Å²) in [5.41, 5.74) is 6.40. The van der Waals surface area contributed by atoms with E-state index in [1.165, 1.54) is 18.3 Å². The average Bonchev–Trinajstić information content (AvgIpc) is 3.29. The SMILES string of the molecule is NC(=O)Oc1cccc2[nH]c(-c3cc[nH]c3S(=O)(=O)c3ccccc3)nc12. The maximum atomic E-state index is 13.0. The van der Waals surface area contributed by atoms with Crippen molar-refractivity contribution in [2.45, 2.75) is 9.92 Å². The molecule has 0 aliphatic rings. The van der Waals surface area contributed by atoms with Gasteiger partial charge in [0.2, 0.25) is 9.84 Å². The molecule has 0 radical (unpaired) electrons. The zero-order valence-electron chi connectivity index (χ0n) is 13.8. The van der Waals surface area contributed by atoms with E-state index >= 15 is 0 Å². The monoisotopic (exact) mass is 382 g/mol. The van der Waals surface area contributed by atoms with Crippen LogP contribution in [0.2, 0.25) is 0 Å². The Hall–Kier alpha value is -3.59. The van der Waals surface area contributed by atoms with Crippen molar-refractivity contribution in [3.63, 3.8) is 0 Å². The number of sulfone groups is 1. The molecule has 0 spiro atoms. The van der Waals surface area contributed by atoms with Crippen LogP contribution < -0.4 is 10.5 Å². The maximum Gasteiger partial charge on any atom is 0.410 e. The summed E-state index contributed by atoms with van der Waals surface area (Å²) < 4.78 is 30.9. The standard InChI is InChI=1S/C18H14N4O4S/c19-18(23)26-14-8-4-7-13-15(14)22-16(21-13)12-9-10-20-17(12)27(24,25)11-5-2-1-3-6-11/h1-10,20H,(H2,19,23)(H,21,22). The highest BCUT2D eigenvalue weighted by atomic mass is 32.2. The summed E-state index contributed by atoms with van der Waals surface area (Å²) >= 11 is 0. The molecule has 0 aliphatic heterocycles. The Labute approximate surface area is 153 Å². The van der Waals surface area contributed by atoms with Gasteiger partial charge in [0.25, 0.3) is 0 Å². The van der Waals surface area contributed by atoms with Crippen molar-refractivity contribution in [1.29, 1.82) is 0 Å². The van der Waals surface area contributed by atoms with Crippen LogP contribution in [0.25, 0.3) is 22.4 Å². The lowest BCUT2D eigenvalue weighted by Crippen LogP contribution is -2.16. The van der Waals surface area contributed by atoms with Crippen molar-refractivity contribution in [3.05, 3.63) is 60.8 Å². The molecular formula is C18H14N4O4S. The average molecular weight is 382 g/mol. The number of para-hydroxylation sites is 1. The third-order valence-corrected chi connectivity index (χ3v) is 5.74. The van der Waals surface area contributed by atoms with Crippen LogP contribution in [-0.4, -0.2) is 29.5 Å². The number of aromatic nitrogens is 3. The van der Waals surface area contributed by atoms with Crippen molar-refractivity contribution < 1.29 is 17.9 Å². The van der Waals surface area contributed by atoms with E-state index in [0.29, 0.717) is 22.4 Å². The Bertz CT molecular complexity index is 1240. The molecule has 0 saturated heterocycles. The number of amides is 1. The summed E-state index contributed by atoms with van der Waals surface area (Å²) in [4.78, 5) is 21.5. The van der Waals surface area contributed by atoms with Gasteiger partial charge in [-0.05, 0) is 30.3 Å². The van der Waals surface area contributed by atoms with Gasteiger partial charge in [-0.2, -0.15) is 0 Å². The highest BCUT2D eigenvalue weighted by Crippen LogP contribution is 2.32. The third kappa shape index (κ3) is 2.93. The van der Waals surface area contributed by atoms with Crippen LogP contribution in [-0.2, 0) is 9.84 Å². The van der Waals surface area contributed by atoms with Gasteiger partial charge in [0.15, 0.2) is 5.75 Å². The second kappa shape index (κ2) is 6.29. The minimum atomic E-state index is -3.76. The molecule has 0 aliphatic carbocycles. The van der Waals surface area contributed by atoms with E-state index in [1.54, 1.807) is 42.5 Å². The molecule has 4 rings (SSSR count). The number of fused-ring (bicyclic) bond motifs is 1. The Kier molecular flexibility index (Phi) is 3.93. The maximum absolute atomic E-state index is 13.0. The molecule has 2 aromatic heterocycles. The van der Waals surface area contributed by atoms with Crippen LogP contribution in [0.15, 0.2) is 70.7 Å². The van der Waals surface area contributed by atoms with Gasteiger partial charge in [-0.1, -0.05) is 24.3 Å². The Morgan fingerprint density at radius 2 is 1.81 bits per heavy atom. The summed E-state index contributed by atoms with van der Waals surface area (Å²) in [6, 6.07) is 14.7. The number of carbonyl (C=O) groups is 1. The van der Waals surface area contributed by atoms with Crippen molar-refractivity contribution in [2.75, 3.05) is 0 Å². The van der Waals surface area contributed by atoms with E-state index in [0.717, 1.165) is 0 Å². The fraction of sp³-hybridized carbons (Fsp3) is 0. The lowest BCUT2D eigenvalue weighted by atomic mass is 10.3. The van der Waals surface area contributed by atoms with Gasteiger partial charge in [0, 0.05) is 6.20 Å². The molecule has 0 bridgehead atoms. The lowest BCUT2D eigenvalue weighted by molar-refractivity contribution is 0.211. The molecule has 0 fully saturated rings. The number of benzene rings is 2. The van der Waals surface area contributed by atoms with E-state index in [1.807, 2.05) is 0 Å². The molecular weight excluding hydrogens is 368 g/mol. The van der Waals surface area contributed by atoms with Gasteiger partial charge in [0.05, 0.1) is 16.0 Å². The van der Waals surface area contributed by atoms with Crippen LogP contribution in [0.1, 0.15) is 0 Å². The zero-order chi connectivity index (χ0) is 19.0. The van der Waals surface area contributed by atoms with Crippen molar-refractivity contribution >= 4 is 27.0 Å². The van der Waals surface area contributed by atoms with Gasteiger partial charge >= 0.3 is 6.09 Å².